The fourth-order valence-electron chi connectivity index (χ4n) is 3.98. The smallest absolute Gasteiger partial charge is 0.224 e. The first-order valence-electron chi connectivity index (χ1n) is 10.6. The van der Waals surface area contributed by atoms with Gasteiger partial charge in [-0.15, -0.1) is 11.3 Å². The highest BCUT2D eigenvalue weighted by Gasteiger charge is 2.29. The number of benzene rings is 2. The molecule has 0 saturated carbocycles. The van der Waals surface area contributed by atoms with E-state index in [1.807, 2.05) is 36.4 Å². The lowest BCUT2D eigenvalue weighted by molar-refractivity contribution is -0.125. The van der Waals surface area contributed by atoms with Gasteiger partial charge in [0.1, 0.15) is 15.2 Å². The zero-order valence-corrected chi connectivity index (χ0v) is 19.9. The van der Waals surface area contributed by atoms with Gasteiger partial charge in [-0.05, 0) is 29.7 Å². The second kappa shape index (κ2) is 11.2. The fraction of sp³-hybridized carbons (Fsp3) is 0.292. The van der Waals surface area contributed by atoms with Crippen LogP contribution >= 0.6 is 22.9 Å². The zero-order valence-electron chi connectivity index (χ0n) is 17.5. The number of hydrogen-bond donors (Lipinski definition) is 3. The Morgan fingerprint density at radius 1 is 1.03 bits per heavy atom. The molecular weight excluding hydrogens is 462 g/mol. The van der Waals surface area contributed by atoms with E-state index in [0.29, 0.717) is 34.6 Å². The van der Waals surface area contributed by atoms with Crippen molar-refractivity contribution in [3.05, 3.63) is 88.3 Å². The number of amides is 1. The van der Waals surface area contributed by atoms with Crippen molar-refractivity contribution in [2.75, 3.05) is 19.6 Å². The predicted octanol–water partition coefficient (Wildman–Crippen LogP) is 3.94. The van der Waals surface area contributed by atoms with Crippen LogP contribution in [0, 0.1) is 5.92 Å². The lowest BCUT2D eigenvalue weighted by atomic mass is 9.90. The van der Waals surface area contributed by atoms with E-state index in [9.17, 15) is 9.00 Å². The summed E-state index contributed by atoms with van der Waals surface area (Å²) in [4.78, 5) is 13.0. The van der Waals surface area contributed by atoms with Gasteiger partial charge in [0.15, 0.2) is 0 Å². The van der Waals surface area contributed by atoms with Gasteiger partial charge >= 0.3 is 0 Å². The second-order valence-corrected chi connectivity index (χ2v) is 11.0. The average molecular weight is 488 g/mol. The Bertz CT molecular complexity index is 1010. The molecule has 168 valence electrons. The van der Waals surface area contributed by atoms with E-state index in [1.54, 1.807) is 12.1 Å². The van der Waals surface area contributed by atoms with E-state index in [-0.39, 0.29) is 23.8 Å². The Morgan fingerprint density at radius 3 is 2.28 bits per heavy atom. The summed E-state index contributed by atoms with van der Waals surface area (Å²) >= 11 is 7.25. The van der Waals surface area contributed by atoms with Crippen LogP contribution in [0.4, 0.5) is 0 Å². The molecule has 1 saturated heterocycles. The molecule has 4 rings (SSSR count). The highest BCUT2D eigenvalue weighted by Crippen LogP contribution is 2.25. The van der Waals surface area contributed by atoms with Crippen molar-refractivity contribution >= 4 is 39.8 Å². The van der Waals surface area contributed by atoms with Crippen molar-refractivity contribution in [1.29, 1.82) is 0 Å². The minimum absolute atomic E-state index is 0.0193. The summed E-state index contributed by atoms with van der Waals surface area (Å²) in [7, 11) is -1.34. The number of carbonyl (C=O) groups excluding carboxylic acids is 1. The Balaban J connectivity index is 1.36. The van der Waals surface area contributed by atoms with Crippen LogP contribution in [0.1, 0.15) is 23.5 Å². The molecule has 5 nitrogen and oxygen atoms in total. The van der Waals surface area contributed by atoms with Crippen molar-refractivity contribution < 1.29 is 9.00 Å². The predicted molar refractivity (Wildman–Crippen MR) is 131 cm³/mol. The van der Waals surface area contributed by atoms with E-state index in [2.05, 4.69) is 39.6 Å². The highest BCUT2D eigenvalue weighted by molar-refractivity contribution is 7.85. The first-order chi connectivity index (χ1) is 15.6. The van der Waals surface area contributed by atoms with Crippen LogP contribution < -0.4 is 15.4 Å². The van der Waals surface area contributed by atoms with Crippen LogP contribution in [0.3, 0.4) is 0 Å². The van der Waals surface area contributed by atoms with Crippen LogP contribution in [0.5, 0.6) is 0 Å². The molecule has 32 heavy (non-hydrogen) atoms. The summed E-state index contributed by atoms with van der Waals surface area (Å²) in [5.74, 6) is -0.0777. The number of thiophene rings is 1. The molecule has 0 bridgehead atoms. The van der Waals surface area contributed by atoms with Gasteiger partial charge in [0, 0.05) is 31.6 Å². The summed E-state index contributed by atoms with van der Waals surface area (Å²) in [5, 5.41) is 6.46. The quantitative estimate of drug-likeness (QED) is 0.450. The Kier molecular flexibility index (Phi) is 8.10. The first kappa shape index (κ1) is 23.1. The maximum Gasteiger partial charge on any atom is 0.224 e. The molecular formula is C24H26ClN3O2S2. The molecule has 1 aliphatic rings. The average Bonchev–Trinajstić information content (AvgIpc) is 3.27. The highest BCUT2D eigenvalue weighted by atomic mass is 35.5. The summed E-state index contributed by atoms with van der Waals surface area (Å²) in [6.07, 6.45) is 0.630. The van der Waals surface area contributed by atoms with Gasteiger partial charge in [-0.3, -0.25) is 4.79 Å². The third-order valence-corrected chi connectivity index (χ3v) is 8.39. The molecule has 1 aromatic heterocycles. The Morgan fingerprint density at radius 2 is 1.69 bits per heavy atom. The summed E-state index contributed by atoms with van der Waals surface area (Å²) in [5.41, 5.74) is 2.34. The zero-order chi connectivity index (χ0) is 22.3. The van der Waals surface area contributed by atoms with Gasteiger partial charge in [-0.25, -0.2) is 8.93 Å². The molecule has 8 heteroatoms. The first-order valence-corrected chi connectivity index (χ1v) is 13.0. The molecule has 3 atom stereocenters. The molecule has 3 N–H and O–H groups in total. The van der Waals surface area contributed by atoms with Gasteiger partial charge in [0.05, 0.1) is 10.3 Å². The topological polar surface area (TPSA) is 70.2 Å². The maximum atomic E-state index is 13.0. The van der Waals surface area contributed by atoms with E-state index >= 15 is 0 Å². The lowest BCUT2D eigenvalue weighted by Crippen LogP contribution is -2.51. The van der Waals surface area contributed by atoms with Gasteiger partial charge in [-0.2, -0.15) is 0 Å². The van der Waals surface area contributed by atoms with Crippen molar-refractivity contribution in [1.82, 2.24) is 15.4 Å². The fourth-order valence-corrected chi connectivity index (χ4v) is 6.40. The maximum absolute atomic E-state index is 13.0. The molecule has 0 spiro atoms. The van der Waals surface area contributed by atoms with Crippen LogP contribution in [0.2, 0.25) is 4.34 Å². The van der Waals surface area contributed by atoms with Crippen LogP contribution in [-0.4, -0.2) is 35.8 Å². The number of rotatable bonds is 8. The summed E-state index contributed by atoms with van der Waals surface area (Å²) in [6.45, 7) is 1.81. The molecule has 0 radical (unpaired) electrons. The molecule has 2 aromatic carbocycles. The molecule has 1 fully saturated rings. The molecule has 3 aromatic rings. The summed E-state index contributed by atoms with van der Waals surface area (Å²) < 4.78 is 17.0. The monoisotopic (exact) mass is 487 g/mol. The molecule has 1 aliphatic heterocycles. The van der Waals surface area contributed by atoms with Gasteiger partial charge in [0.25, 0.3) is 0 Å². The molecule has 0 aliphatic carbocycles. The number of piperidine rings is 1. The third-order valence-electron chi connectivity index (χ3n) is 5.61. The van der Waals surface area contributed by atoms with Crippen molar-refractivity contribution in [2.45, 2.75) is 22.6 Å². The standard InChI is InChI=1S/C24H26ClN3O2S2/c25-22-11-12-23(31-22)32(30)28-20-13-19(14-26-15-20)24(29)27-16-21(17-7-3-1-4-8-17)18-9-5-2-6-10-18/h1-12,19-21,26,28H,13-16H2,(H,27,29)/t19-,20+,32?/m0/s1. The van der Waals surface area contributed by atoms with E-state index in [0.717, 1.165) is 0 Å². The van der Waals surface area contributed by atoms with Crippen molar-refractivity contribution in [2.24, 2.45) is 5.92 Å². The Labute approximate surface area is 200 Å². The summed E-state index contributed by atoms with van der Waals surface area (Å²) in [6, 6.07) is 23.9. The van der Waals surface area contributed by atoms with Crippen LogP contribution in [0.25, 0.3) is 0 Å². The third kappa shape index (κ3) is 6.05. The van der Waals surface area contributed by atoms with Crippen LogP contribution in [0.15, 0.2) is 77.0 Å². The largest absolute Gasteiger partial charge is 0.355 e. The van der Waals surface area contributed by atoms with Crippen LogP contribution in [-0.2, 0) is 15.8 Å². The van der Waals surface area contributed by atoms with E-state index in [4.69, 9.17) is 11.6 Å². The molecule has 1 amide bonds. The lowest BCUT2D eigenvalue weighted by Gasteiger charge is -2.30. The minimum atomic E-state index is -1.34. The number of hydrogen-bond acceptors (Lipinski definition) is 4. The van der Waals surface area contributed by atoms with E-state index in [1.165, 1.54) is 22.5 Å². The molecule has 2 heterocycles. The van der Waals surface area contributed by atoms with Gasteiger partial charge in [-0.1, -0.05) is 72.3 Å². The van der Waals surface area contributed by atoms with Gasteiger partial charge in [0.2, 0.25) is 5.91 Å². The number of nitrogens with one attached hydrogen (secondary N) is 3. The van der Waals surface area contributed by atoms with Crippen molar-refractivity contribution in [3.8, 4) is 0 Å². The van der Waals surface area contributed by atoms with E-state index < -0.39 is 11.0 Å². The normalized spacial score (nSPS) is 19.6. The Hall–Kier alpha value is -2.03. The SMILES string of the molecule is O=C(NCC(c1ccccc1)c1ccccc1)[C@@H]1CNC[C@H](NS(=O)c2ccc(Cl)s2)C1. The second-order valence-electron chi connectivity index (χ2n) is 7.85. The number of halogens is 1. The minimum Gasteiger partial charge on any atom is -0.355 e. The number of carbonyl (C=O) groups is 1. The van der Waals surface area contributed by atoms with Crippen molar-refractivity contribution in [3.63, 3.8) is 0 Å². The van der Waals surface area contributed by atoms with Gasteiger partial charge < -0.3 is 10.6 Å². The molecule has 1 unspecified atom stereocenters.